The summed E-state index contributed by atoms with van der Waals surface area (Å²) in [5, 5.41) is 10.7. The molecule has 0 fully saturated rings. The Kier molecular flexibility index (Phi) is 3.80. The molecule has 0 saturated carbocycles. The molecule has 0 aromatic heterocycles. The van der Waals surface area contributed by atoms with Gasteiger partial charge in [-0.2, -0.15) is 0 Å². The van der Waals surface area contributed by atoms with Gasteiger partial charge < -0.3 is 4.74 Å². The minimum Gasteiger partial charge on any atom is -0.374 e. The van der Waals surface area contributed by atoms with Crippen molar-refractivity contribution in [3.8, 4) is 0 Å². The third-order valence-corrected chi connectivity index (χ3v) is 2.05. The van der Waals surface area contributed by atoms with Gasteiger partial charge in [-0.1, -0.05) is 12.1 Å². The average molecular weight is 209 g/mol. The molecule has 0 heterocycles. The maximum Gasteiger partial charge on any atom is 0.272 e. The van der Waals surface area contributed by atoms with Gasteiger partial charge in [0.25, 0.3) is 5.69 Å². The van der Waals surface area contributed by atoms with Crippen LogP contribution in [0.4, 0.5) is 5.69 Å². The molecule has 0 aliphatic heterocycles. The Morgan fingerprint density at radius 3 is 2.67 bits per heavy atom. The molecule has 4 nitrogen and oxygen atoms in total. The molecule has 0 bridgehead atoms. The number of benzene rings is 1. The lowest BCUT2D eigenvalue weighted by molar-refractivity contribution is -0.385. The quantitative estimate of drug-likeness (QED) is 0.566. The monoisotopic (exact) mass is 209 g/mol. The first-order chi connectivity index (χ1) is 7.00. The van der Waals surface area contributed by atoms with E-state index in [-0.39, 0.29) is 16.7 Å². The van der Waals surface area contributed by atoms with Crippen LogP contribution >= 0.6 is 0 Å². The van der Waals surface area contributed by atoms with Crippen molar-refractivity contribution in [2.24, 2.45) is 0 Å². The SMILES string of the molecule is Cc1ccc(COC(C)C)cc1[N+](=O)[O-]. The third kappa shape index (κ3) is 3.32. The van der Waals surface area contributed by atoms with Gasteiger partial charge >= 0.3 is 0 Å². The molecular formula is C11H15NO3. The summed E-state index contributed by atoms with van der Waals surface area (Å²) in [5.74, 6) is 0. The van der Waals surface area contributed by atoms with Gasteiger partial charge in [0.1, 0.15) is 0 Å². The van der Waals surface area contributed by atoms with E-state index in [1.165, 1.54) is 0 Å². The van der Waals surface area contributed by atoms with E-state index in [9.17, 15) is 10.1 Å². The van der Waals surface area contributed by atoms with Crippen LogP contribution in [-0.2, 0) is 11.3 Å². The first-order valence-electron chi connectivity index (χ1n) is 4.86. The van der Waals surface area contributed by atoms with Crippen molar-refractivity contribution in [1.29, 1.82) is 0 Å². The molecule has 1 aromatic carbocycles. The van der Waals surface area contributed by atoms with Gasteiger partial charge in [-0.15, -0.1) is 0 Å². The fraction of sp³-hybridized carbons (Fsp3) is 0.455. The molecule has 1 aromatic rings. The zero-order chi connectivity index (χ0) is 11.4. The lowest BCUT2D eigenvalue weighted by Crippen LogP contribution is -2.03. The Morgan fingerprint density at radius 2 is 2.13 bits per heavy atom. The number of rotatable bonds is 4. The molecule has 0 aliphatic carbocycles. The van der Waals surface area contributed by atoms with Gasteiger partial charge in [0.2, 0.25) is 0 Å². The Balaban J connectivity index is 2.83. The summed E-state index contributed by atoms with van der Waals surface area (Å²) in [6.45, 7) is 6.01. The number of nitrogens with zero attached hydrogens (tertiary/aromatic N) is 1. The highest BCUT2D eigenvalue weighted by Crippen LogP contribution is 2.19. The molecule has 0 N–H and O–H groups in total. The van der Waals surface area contributed by atoms with Crippen LogP contribution in [0.2, 0.25) is 0 Å². The van der Waals surface area contributed by atoms with Crippen molar-refractivity contribution in [2.75, 3.05) is 0 Å². The molecule has 0 radical (unpaired) electrons. The largest absolute Gasteiger partial charge is 0.374 e. The third-order valence-electron chi connectivity index (χ3n) is 2.05. The smallest absolute Gasteiger partial charge is 0.272 e. The van der Waals surface area contributed by atoms with Crippen LogP contribution in [0.25, 0.3) is 0 Å². The zero-order valence-corrected chi connectivity index (χ0v) is 9.19. The van der Waals surface area contributed by atoms with E-state index in [1.54, 1.807) is 19.1 Å². The molecule has 0 unspecified atom stereocenters. The highest BCUT2D eigenvalue weighted by atomic mass is 16.6. The lowest BCUT2D eigenvalue weighted by atomic mass is 10.1. The summed E-state index contributed by atoms with van der Waals surface area (Å²) in [6.07, 6.45) is 0.130. The van der Waals surface area contributed by atoms with Crippen LogP contribution in [0.1, 0.15) is 25.0 Å². The van der Waals surface area contributed by atoms with Crippen LogP contribution < -0.4 is 0 Å². The first kappa shape index (κ1) is 11.7. The normalized spacial score (nSPS) is 10.7. The molecule has 15 heavy (non-hydrogen) atoms. The minimum atomic E-state index is -0.367. The van der Waals surface area contributed by atoms with Crippen LogP contribution in [-0.4, -0.2) is 11.0 Å². The van der Waals surface area contributed by atoms with Gasteiger partial charge in [0.05, 0.1) is 17.6 Å². The topological polar surface area (TPSA) is 52.4 Å². The summed E-state index contributed by atoms with van der Waals surface area (Å²) in [5.41, 5.74) is 1.66. The molecular weight excluding hydrogens is 194 g/mol. The second kappa shape index (κ2) is 4.89. The Hall–Kier alpha value is -1.42. The summed E-state index contributed by atoms with van der Waals surface area (Å²) in [6, 6.07) is 5.17. The van der Waals surface area contributed by atoms with E-state index in [0.717, 1.165) is 5.56 Å². The van der Waals surface area contributed by atoms with E-state index in [0.29, 0.717) is 12.2 Å². The minimum absolute atomic E-state index is 0.130. The number of nitro benzene ring substituents is 1. The van der Waals surface area contributed by atoms with Crippen LogP contribution in [0.3, 0.4) is 0 Å². The molecule has 0 amide bonds. The summed E-state index contributed by atoms with van der Waals surface area (Å²) in [4.78, 5) is 10.3. The zero-order valence-electron chi connectivity index (χ0n) is 9.19. The van der Waals surface area contributed by atoms with Crippen molar-refractivity contribution in [2.45, 2.75) is 33.5 Å². The molecule has 0 spiro atoms. The number of hydrogen-bond donors (Lipinski definition) is 0. The van der Waals surface area contributed by atoms with Gasteiger partial charge in [-0.05, 0) is 26.3 Å². The van der Waals surface area contributed by atoms with Crippen molar-refractivity contribution in [3.63, 3.8) is 0 Å². The summed E-state index contributed by atoms with van der Waals surface area (Å²) >= 11 is 0. The van der Waals surface area contributed by atoms with Crippen LogP contribution in [0.5, 0.6) is 0 Å². The fourth-order valence-corrected chi connectivity index (χ4v) is 1.20. The highest BCUT2D eigenvalue weighted by Gasteiger charge is 2.10. The van der Waals surface area contributed by atoms with E-state index >= 15 is 0 Å². The number of hydrogen-bond acceptors (Lipinski definition) is 3. The van der Waals surface area contributed by atoms with Gasteiger partial charge in [0, 0.05) is 11.6 Å². The molecule has 0 saturated heterocycles. The van der Waals surface area contributed by atoms with E-state index in [1.807, 2.05) is 19.9 Å². The number of nitro groups is 1. The van der Waals surface area contributed by atoms with E-state index in [4.69, 9.17) is 4.74 Å². The molecule has 1 rings (SSSR count). The van der Waals surface area contributed by atoms with Gasteiger partial charge in [0.15, 0.2) is 0 Å². The average Bonchev–Trinajstić information content (AvgIpc) is 2.16. The Labute approximate surface area is 89.0 Å². The van der Waals surface area contributed by atoms with Gasteiger partial charge in [-0.25, -0.2) is 0 Å². The maximum atomic E-state index is 10.7. The van der Waals surface area contributed by atoms with Crippen molar-refractivity contribution < 1.29 is 9.66 Å². The molecule has 4 heteroatoms. The second-order valence-electron chi connectivity index (χ2n) is 3.74. The van der Waals surface area contributed by atoms with Crippen molar-refractivity contribution >= 4 is 5.69 Å². The standard InChI is InChI=1S/C11H15NO3/c1-8(2)15-7-10-5-4-9(3)11(6-10)12(13)14/h4-6,8H,7H2,1-3H3. The summed E-state index contributed by atoms with van der Waals surface area (Å²) in [7, 11) is 0. The van der Waals surface area contributed by atoms with Crippen molar-refractivity contribution in [3.05, 3.63) is 39.4 Å². The number of aryl methyl sites for hydroxylation is 1. The fourth-order valence-electron chi connectivity index (χ4n) is 1.20. The first-order valence-corrected chi connectivity index (χ1v) is 4.86. The Bertz CT molecular complexity index is 361. The maximum absolute atomic E-state index is 10.7. The summed E-state index contributed by atoms with van der Waals surface area (Å²) < 4.78 is 5.38. The van der Waals surface area contributed by atoms with Crippen LogP contribution in [0.15, 0.2) is 18.2 Å². The predicted octanol–water partition coefficient (Wildman–Crippen LogP) is 2.83. The number of ether oxygens (including phenoxy) is 1. The predicted molar refractivity (Wildman–Crippen MR) is 57.8 cm³/mol. The van der Waals surface area contributed by atoms with E-state index in [2.05, 4.69) is 0 Å². The van der Waals surface area contributed by atoms with Gasteiger partial charge in [-0.3, -0.25) is 10.1 Å². The molecule has 0 atom stereocenters. The Morgan fingerprint density at radius 1 is 1.47 bits per heavy atom. The molecule has 82 valence electrons. The lowest BCUT2D eigenvalue weighted by Gasteiger charge is -2.07. The highest BCUT2D eigenvalue weighted by molar-refractivity contribution is 5.42. The van der Waals surface area contributed by atoms with Crippen molar-refractivity contribution in [1.82, 2.24) is 0 Å². The van der Waals surface area contributed by atoms with Crippen LogP contribution in [0, 0.1) is 17.0 Å². The second-order valence-corrected chi connectivity index (χ2v) is 3.74. The molecule has 0 aliphatic rings. The van der Waals surface area contributed by atoms with E-state index < -0.39 is 0 Å².